The van der Waals surface area contributed by atoms with Gasteiger partial charge in [0.15, 0.2) is 5.82 Å². The molecule has 4 aromatic rings. The summed E-state index contributed by atoms with van der Waals surface area (Å²) in [6, 6.07) is 12.9. The fourth-order valence-electron chi connectivity index (χ4n) is 3.46. The van der Waals surface area contributed by atoms with Gasteiger partial charge < -0.3 is 20.2 Å². The minimum atomic E-state index is -0.459. The number of carbonyl (C=O) groups is 1. The van der Waals surface area contributed by atoms with Crippen LogP contribution in [0.2, 0.25) is 0 Å². The van der Waals surface area contributed by atoms with E-state index in [9.17, 15) is 20.1 Å². The standard InChI is InChI=1S/C23H21N5O4/c1-14-6-3-4-8-18(14)28-21(25-26-23(28)32)16-10-17(20(30)11-19(16)29)22(31)27(2)13-15-7-5-9-24-12-15/h3-12,29-30H,13H2,1-2H3,(H,26,32). The number of phenolic OH excluding ortho intramolecular Hbond substituents is 2. The van der Waals surface area contributed by atoms with Crippen LogP contribution in [0.15, 0.2) is 60.9 Å². The van der Waals surface area contributed by atoms with E-state index in [4.69, 9.17) is 0 Å². The molecule has 0 atom stereocenters. The molecule has 0 bridgehead atoms. The first kappa shape index (κ1) is 20.9. The zero-order valence-corrected chi connectivity index (χ0v) is 17.5. The lowest BCUT2D eigenvalue weighted by Crippen LogP contribution is -2.26. The van der Waals surface area contributed by atoms with E-state index in [1.165, 1.54) is 15.5 Å². The van der Waals surface area contributed by atoms with E-state index in [1.807, 2.05) is 25.1 Å². The molecular weight excluding hydrogens is 410 g/mol. The number of rotatable bonds is 5. The van der Waals surface area contributed by atoms with Gasteiger partial charge in [0.05, 0.1) is 16.8 Å². The Labute approximate surface area is 183 Å². The molecule has 9 heteroatoms. The van der Waals surface area contributed by atoms with Crippen LogP contribution in [0, 0.1) is 6.92 Å². The molecule has 0 aliphatic rings. The van der Waals surface area contributed by atoms with Gasteiger partial charge in [0.25, 0.3) is 5.91 Å². The topological polar surface area (TPSA) is 125 Å². The van der Waals surface area contributed by atoms with Crippen molar-refractivity contribution in [3.05, 3.63) is 77.6 Å². The van der Waals surface area contributed by atoms with Gasteiger partial charge in [-0.1, -0.05) is 29.4 Å². The Morgan fingerprint density at radius 1 is 1.03 bits per heavy atom. The summed E-state index contributed by atoms with van der Waals surface area (Å²) in [5.74, 6) is -1.02. The van der Waals surface area contributed by atoms with Crippen LogP contribution in [0.1, 0.15) is 21.5 Å². The first-order valence-corrected chi connectivity index (χ1v) is 9.78. The summed E-state index contributed by atoms with van der Waals surface area (Å²) < 4.78 is 1.37. The minimum absolute atomic E-state index is 0.0250. The van der Waals surface area contributed by atoms with Crippen LogP contribution in [0.4, 0.5) is 0 Å². The molecule has 162 valence electrons. The molecule has 9 nitrogen and oxygen atoms in total. The number of para-hydroxylation sites is 1. The quantitative estimate of drug-likeness (QED) is 0.444. The van der Waals surface area contributed by atoms with E-state index in [-0.39, 0.29) is 41.0 Å². The van der Waals surface area contributed by atoms with Crippen LogP contribution in [-0.2, 0) is 6.54 Å². The number of benzene rings is 2. The monoisotopic (exact) mass is 431 g/mol. The van der Waals surface area contributed by atoms with E-state index in [2.05, 4.69) is 15.2 Å². The summed E-state index contributed by atoms with van der Waals surface area (Å²) >= 11 is 0. The van der Waals surface area contributed by atoms with Crippen LogP contribution in [0.25, 0.3) is 17.1 Å². The highest BCUT2D eigenvalue weighted by atomic mass is 16.3. The maximum Gasteiger partial charge on any atom is 0.319 e. The van der Waals surface area contributed by atoms with Gasteiger partial charge >= 0.3 is 6.01 Å². The zero-order valence-electron chi connectivity index (χ0n) is 17.5. The fraction of sp³-hybridized carbons (Fsp3) is 0.130. The molecule has 2 aromatic carbocycles. The lowest BCUT2D eigenvalue weighted by atomic mass is 10.1. The van der Waals surface area contributed by atoms with Crippen LogP contribution < -0.4 is 0 Å². The summed E-state index contributed by atoms with van der Waals surface area (Å²) in [7, 11) is 1.60. The highest BCUT2D eigenvalue weighted by Gasteiger charge is 2.24. The van der Waals surface area contributed by atoms with E-state index in [0.29, 0.717) is 5.69 Å². The largest absolute Gasteiger partial charge is 0.507 e. The van der Waals surface area contributed by atoms with Crippen LogP contribution in [-0.4, -0.2) is 52.9 Å². The van der Waals surface area contributed by atoms with Crippen molar-refractivity contribution in [2.45, 2.75) is 13.5 Å². The van der Waals surface area contributed by atoms with Crippen molar-refractivity contribution < 1.29 is 20.1 Å². The second kappa shape index (κ2) is 8.38. The number of nitrogens with zero attached hydrogens (tertiary/aromatic N) is 5. The molecule has 2 heterocycles. The lowest BCUT2D eigenvalue weighted by molar-refractivity contribution is 0.0782. The van der Waals surface area contributed by atoms with Crippen molar-refractivity contribution in [1.82, 2.24) is 24.6 Å². The lowest BCUT2D eigenvalue weighted by Gasteiger charge is -2.19. The molecule has 0 fully saturated rings. The van der Waals surface area contributed by atoms with Gasteiger partial charge in [0.2, 0.25) is 0 Å². The van der Waals surface area contributed by atoms with E-state index in [1.54, 1.807) is 37.6 Å². The maximum absolute atomic E-state index is 13.1. The first-order valence-electron chi connectivity index (χ1n) is 9.78. The third-order valence-corrected chi connectivity index (χ3v) is 5.08. The molecule has 0 aliphatic carbocycles. The van der Waals surface area contributed by atoms with E-state index in [0.717, 1.165) is 17.2 Å². The van der Waals surface area contributed by atoms with Crippen molar-refractivity contribution in [2.24, 2.45) is 0 Å². The van der Waals surface area contributed by atoms with Gasteiger partial charge in [-0.15, -0.1) is 5.10 Å². The average molecular weight is 431 g/mol. The number of phenols is 2. The summed E-state index contributed by atoms with van der Waals surface area (Å²) in [4.78, 5) is 18.5. The highest BCUT2D eigenvalue weighted by Crippen LogP contribution is 2.37. The Bertz CT molecular complexity index is 1290. The summed E-state index contributed by atoms with van der Waals surface area (Å²) in [5.41, 5.74) is 2.39. The predicted molar refractivity (Wildman–Crippen MR) is 117 cm³/mol. The number of aromatic nitrogens is 4. The fourth-order valence-corrected chi connectivity index (χ4v) is 3.46. The van der Waals surface area contributed by atoms with Gasteiger partial charge in [-0.05, 0) is 36.2 Å². The molecule has 4 rings (SSSR count). The van der Waals surface area contributed by atoms with Crippen molar-refractivity contribution in [3.8, 4) is 34.6 Å². The van der Waals surface area contributed by atoms with Crippen molar-refractivity contribution in [2.75, 3.05) is 7.05 Å². The molecule has 0 spiro atoms. The van der Waals surface area contributed by atoms with Crippen LogP contribution in [0.5, 0.6) is 17.5 Å². The smallest absolute Gasteiger partial charge is 0.319 e. The second-order valence-corrected chi connectivity index (χ2v) is 7.35. The number of hydrogen-bond acceptors (Lipinski definition) is 7. The minimum Gasteiger partial charge on any atom is -0.507 e. The van der Waals surface area contributed by atoms with Crippen LogP contribution in [0.3, 0.4) is 0 Å². The molecular formula is C23H21N5O4. The number of aryl methyl sites for hydroxylation is 1. The Kier molecular flexibility index (Phi) is 5.46. The molecule has 3 N–H and O–H groups in total. The molecule has 0 unspecified atom stereocenters. The number of pyridine rings is 1. The second-order valence-electron chi connectivity index (χ2n) is 7.35. The molecule has 2 aromatic heterocycles. The third kappa shape index (κ3) is 3.83. The van der Waals surface area contributed by atoms with Gasteiger partial charge in [-0.2, -0.15) is 0 Å². The van der Waals surface area contributed by atoms with E-state index < -0.39 is 5.91 Å². The SMILES string of the molecule is Cc1ccccc1-n1c(O)nnc1-c1cc(C(=O)N(C)Cc2cccnc2)c(O)cc1O. The van der Waals surface area contributed by atoms with Gasteiger partial charge in [-0.25, -0.2) is 4.57 Å². The molecule has 1 amide bonds. The number of aromatic hydroxyl groups is 3. The predicted octanol–water partition coefficient (Wildman–Crippen LogP) is 3.03. The van der Waals surface area contributed by atoms with Crippen molar-refractivity contribution in [3.63, 3.8) is 0 Å². The molecule has 0 aliphatic heterocycles. The third-order valence-electron chi connectivity index (χ3n) is 5.08. The summed E-state index contributed by atoms with van der Waals surface area (Å²) in [6.45, 7) is 2.14. The van der Waals surface area contributed by atoms with Crippen LogP contribution >= 0.6 is 0 Å². The van der Waals surface area contributed by atoms with Gasteiger partial charge in [0.1, 0.15) is 11.5 Å². The normalized spacial score (nSPS) is 10.8. The summed E-state index contributed by atoms with van der Waals surface area (Å²) in [5, 5.41) is 38.9. The first-order chi connectivity index (χ1) is 15.4. The zero-order chi connectivity index (χ0) is 22.8. The number of hydrogen-bond donors (Lipinski definition) is 3. The maximum atomic E-state index is 13.1. The Morgan fingerprint density at radius 2 is 1.81 bits per heavy atom. The van der Waals surface area contributed by atoms with Crippen molar-refractivity contribution >= 4 is 5.91 Å². The highest BCUT2D eigenvalue weighted by molar-refractivity contribution is 5.98. The summed E-state index contributed by atoms with van der Waals surface area (Å²) in [6.07, 6.45) is 3.29. The molecule has 32 heavy (non-hydrogen) atoms. The van der Waals surface area contributed by atoms with Gasteiger partial charge in [0, 0.05) is 32.1 Å². The average Bonchev–Trinajstić information content (AvgIpc) is 3.15. The number of carbonyl (C=O) groups excluding carboxylic acids is 1. The molecule has 0 saturated heterocycles. The Balaban J connectivity index is 1.76. The van der Waals surface area contributed by atoms with Gasteiger partial charge in [-0.3, -0.25) is 9.78 Å². The molecule has 0 saturated carbocycles. The number of amides is 1. The van der Waals surface area contributed by atoms with E-state index >= 15 is 0 Å². The Morgan fingerprint density at radius 3 is 2.53 bits per heavy atom. The molecule has 0 radical (unpaired) electrons. The van der Waals surface area contributed by atoms with Crippen molar-refractivity contribution in [1.29, 1.82) is 0 Å². The Hall–Kier alpha value is -4.40.